The molecule has 2 aromatic rings. The van der Waals surface area contributed by atoms with Crippen LogP contribution in [-0.2, 0) is 14.1 Å². The van der Waals surface area contributed by atoms with Crippen LogP contribution in [0.3, 0.4) is 0 Å². The Morgan fingerprint density at radius 2 is 1.25 bits per heavy atom. The number of rotatable bonds is 1. The van der Waals surface area contributed by atoms with Gasteiger partial charge in [0.15, 0.2) is 0 Å². The molecule has 0 saturated carbocycles. The summed E-state index contributed by atoms with van der Waals surface area (Å²) in [4.78, 5) is 0. The van der Waals surface area contributed by atoms with Gasteiger partial charge in [-0.2, -0.15) is 0 Å². The summed E-state index contributed by atoms with van der Waals surface area (Å²) in [6.45, 7) is 0. The average molecular weight is 166 g/mol. The van der Waals surface area contributed by atoms with Crippen molar-refractivity contribution in [3.05, 3.63) is 0 Å². The van der Waals surface area contributed by atoms with Gasteiger partial charge in [-0.3, -0.25) is 0 Å². The third kappa shape index (κ3) is 0.847. The van der Waals surface area contributed by atoms with Crippen LogP contribution in [-0.4, -0.2) is 40.4 Å². The summed E-state index contributed by atoms with van der Waals surface area (Å²) in [6.07, 6.45) is 0. The largest absolute Gasteiger partial charge is 0.226 e. The molecule has 0 fully saturated rings. The van der Waals surface area contributed by atoms with E-state index in [1.807, 2.05) is 0 Å². The zero-order valence-corrected chi connectivity index (χ0v) is 6.58. The molecule has 62 valence electrons. The average Bonchev–Trinajstić information content (AvgIpc) is 2.59. The van der Waals surface area contributed by atoms with Crippen molar-refractivity contribution in [1.82, 2.24) is 40.4 Å². The van der Waals surface area contributed by atoms with Gasteiger partial charge < -0.3 is 0 Å². The number of aryl methyl sites for hydroxylation is 2. The number of hydrogen-bond acceptors (Lipinski definition) is 6. The van der Waals surface area contributed by atoms with Crippen LogP contribution in [0.1, 0.15) is 0 Å². The molecule has 0 aliphatic heterocycles. The van der Waals surface area contributed by atoms with Crippen molar-refractivity contribution >= 4 is 0 Å². The highest BCUT2D eigenvalue weighted by Gasteiger charge is 2.11. The molecule has 0 N–H and O–H groups in total. The van der Waals surface area contributed by atoms with Crippen LogP contribution in [0.2, 0.25) is 0 Å². The maximum Gasteiger partial charge on any atom is 0.221 e. The Bertz CT molecular complexity index is 347. The van der Waals surface area contributed by atoms with Crippen LogP contribution in [0.15, 0.2) is 0 Å². The maximum atomic E-state index is 3.76. The first-order valence-electron chi connectivity index (χ1n) is 3.24. The molecule has 0 saturated heterocycles. The van der Waals surface area contributed by atoms with Gasteiger partial charge in [0.05, 0.1) is 0 Å². The van der Waals surface area contributed by atoms with Crippen molar-refractivity contribution in [1.29, 1.82) is 0 Å². The first-order valence-corrected chi connectivity index (χ1v) is 3.24. The van der Waals surface area contributed by atoms with Gasteiger partial charge in [-0.05, 0) is 20.9 Å². The fraction of sp³-hybridized carbons (Fsp3) is 0.500. The highest BCUT2D eigenvalue weighted by Crippen LogP contribution is 2.06. The predicted molar refractivity (Wildman–Crippen MR) is 36.6 cm³/mol. The maximum absolute atomic E-state index is 3.76. The number of tetrazole rings is 2. The Balaban J connectivity index is 2.57. The lowest BCUT2D eigenvalue weighted by atomic mass is 10.6. The molecular weight excluding hydrogens is 160 g/mol. The van der Waals surface area contributed by atoms with Gasteiger partial charge >= 0.3 is 0 Å². The molecule has 0 bridgehead atoms. The van der Waals surface area contributed by atoms with E-state index in [0.29, 0.717) is 11.6 Å². The highest BCUT2D eigenvalue weighted by molar-refractivity contribution is 5.40. The molecule has 2 rings (SSSR count). The van der Waals surface area contributed by atoms with Crippen LogP contribution in [0, 0.1) is 0 Å². The molecule has 12 heavy (non-hydrogen) atoms. The summed E-state index contributed by atoms with van der Waals surface area (Å²) >= 11 is 0. The lowest BCUT2D eigenvalue weighted by molar-refractivity contribution is 0.693. The smallest absolute Gasteiger partial charge is 0.221 e. The molecule has 8 nitrogen and oxygen atoms in total. The van der Waals surface area contributed by atoms with Gasteiger partial charge in [-0.15, -0.1) is 10.2 Å². The van der Waals surface area contributed by atoms with Crippen LogP contribution in [0.4, 0.5) is 0 Å². The quantitative estimate of drug-likeness (QED) is 0.507. The number of hydrogen-bond donors (Lipinski definition) is 0. The first-order chi connectivity index (χ1) is 5.79. The van der Waals surface area contributed by atoms with Crippen molar-refractivity contribution in [2.45, 2.75) is 0 Å². The van der Waals surface area contributed by atoms with Gasteiger partial charge in [-0.25, -0.2) is 9.36 Å². The zero-order chi connectivity index (χ0) is 8.55. The second kappa shape index (κ2) is 2.32. The summed E-state index contributed by atoms with van der Waals surface area (Å²) in [5.74, 6) is 1.09. The van der Waals surface area contributed by atoms with Crippen LogP contribution in [0.25, 0.3) is 11.6 Å². The lowest BCUT2D eigenvalue weighted by Gasteiger charge is -1.93. The van der Waals surface area contributed by atoms with E-state index in [4.69, 9.17) is 0 Å². The van der Waals surface area contributed by atoms with Crippen molar-refractivity contribution < 1.29 is 0 Å². The molecule has 2 aromatic heterocycles. The van der Waals surface area contributed by atoms with E-state index in [1.165, 1.54) is 9.36 Å². The van der Waals surface area contributed by atoms with Crippen molar-refractivity contribution in [3.8, 4) is 11.6 Å². The Morgan fingerprint density at radius 1 is 0.833 bits per heavy atom. The van der Waals surface area contributed by atoms with Crippen LogP contribution >= 0.6 is 0 Å². The van der Waals surface area contributed by atoms with Gasteiger partial charge in [0, 0.05) is 14.1 Å². The fourth-order valence-electron chi connectivity index (χ4n) is 0.838. The summed E-state index contributed by atoms with van der Waals surface area (Å²) < 4.78 is 3.01. The SMILES string of the molecule is Cn1nnnc1-c1nnnn1C. The molecule has 0 aliphatic carbocycles. The monoisotopic (exact) mass is 166 g/mol. The third-order valence-electron chi connectivity index (χ3n) is 1.44. The second-order valence-electron chi connectivity index (χ2n) is 2.25. The Morgan fingerprint density at radius 3 is 1.50 bits per heavy atom. The van der Waals surface area contributed by atoms with E-state index in [-0.39, 0.29) is 0 Å². The topological polar surface area (TPSA) is 87.2 Å². The first kappa shape index (κ1) is 6.83. The van der Waals surface area contributed by atoms with E-state index in [0.717, 1.165) is 0 Å². The molecule has 0 spiro atoms. The molecule has 8 heteroatoms. The Kier molecular flexibility index (Phi) is 1.32. The van der Waals surface area contributed by atoms with Gasteiger partial charge in [0.1, 0.15) is 0 Å². The van der Waals surface area contributed by atoms with Gasteiger partial charge in [0.25, 0.3) is 0 Å². The van der Waals surface area contributed by atoms with E-state index < -0.39 is 0 Å². The van der Waals surface area contributed by atoms with Gasteiger partial charge in [-0.1, -0.05) is 0 Å². The molecule has 2 heterocycles. The minimum absolute atomic E-state index is 0.544. The fourth-order valence-corrected chi connectivity index (χ4v) is 0.838. The molecule has 0 aliphatic rings. The van der Waals surface area contributed by atoms with E-state index in [9.17, 15) is 0 Å². The van der Waals surface area contributed by atoms with Crippen LogP contribution in [0.5, 0.6) is 0 Å². The summed E-state index contributed by atoms with van der Waals surface area (Å²) in [7, 11) is 3.45. The second-order valence-corrected chi connectivity index (χ2v) is 2.25. The Hall–Kier alpha value is -1.86. The lowest BCUT2D eigenvalue weighted by Crippen LogP contribution is -2.01. The molecule has 0 radical (unpaired) electrons. The highest BCUT2D eigenvalue weighted by atomic mass is 15.6. The third-order valence-corrected chi connectivity index (χ3v) is 1.44. The zero-order valence-electron chi connectivity index (χ0n) is 6.58. The van der Waals surface area contributed by atoms with Gasteiger partial charge in [0.2, 0.25) is 11.6 Å². The minimum Gasteiger partial charge on any atom is -0.226 e. The van der Waals surface area contributed by atoms with E-state index in [2.05, 4.69) is 31.1 Å². The van der Waals surface area contributed by atoms with Crippen molar-refractivity contribution in [3.63, 3.8) is 0 Å². The summed E-state index contributed by atoms with van der Waals surface area (Å²) in [6, 6.07) is 0. The molecule has 0 aromatic carbocycles. The van der Waals surface area contributed by atoms with E-state index >= 15 is 0 Å². The van der Waals surface area contributed by atoms with Crippen LogP contribution < -0.4 is 0 Å². The minimum atomic E-state index is 0.544. The summed E-state index contributed by atoms with van der Waals surface area (Å²) in [5.41, 5.74) is 0. The van der Waals surface area contributed by atoms with Crippen molar-refractivity contribution in [2.75, 3.05) is 0 Å². The number of aromatic nitrogens is 8. The summed E-state index contributed by atoms with van der Waals surface area (Å²) in [5, 5.41) is 21.8. The molecule has 0 unspecified atom stereocenters. The normalized spacial score (nSPS) is 10.5. The predicted octanol–water partition coefficient (Wildman–Crippen LogP) is -1.60. The molecule has 0 atom stereocenters. The van der Waals surface area contributed by atoms with E-state index in [1.54, 1.807) is 14.1 Å². The molecular formula is C4H6N8. The Labute approximate surface area is 67.2 Å². The standard InChI is InChI=1S/C4H6N8/c1-11-3(5-7-9-11)4-6-8-10-12(4)2/h1-2H3. The molecule has 0 amide bonds. The number of nitrogens with zero attached hydrogens (tertiary/aromatic N) is 8. The van der Waals surface area contributed by atoms with Crippen molar-refractivity contribution in [2.24, 2.45) is 14.1 Å².